The molecular formula is C22H23N3O4. The quantitative estimate of drug-likeness (QED) is 0.653. The van der Waals surface area contributed by atoms with Gasteiger partial charge in [0, 0.05) is 7.05 Å². The molecule has 7 nitrogen and oxygen atoms in total. The lowest BCUT2D eigenvalue weighted by Gasteiger charge is -2.13. The van der Waals surface area contributed by atoms with Crippen LogP contribution in [0.5, 0.6) is 0 Å². The van der Waals surface area contributed by atoms with Crippen LogP contribution >= 0.6 is 0 Å². The third-order valence-electron chi connectivity index (χ3n) is 4.67. The second-order valence-electron chi connectivity index (χ2n) is 6.72. The van der Waals surface area contributed by atoms with Crippen LogP contribution in [0.3, 0.4) is 0 Å². The molecule has 3 rings (SSSR count). The van der Waals surface area contributed by atoms with Crippen molar-refractivity contribution >= 4 is 17.6 Å². The summed E-state index contributed by atoms with van der Waals surface area (Å²) in [6.07, 6.45) is -0.959. The van der Waals surface area contributed by atoms with Crippen LogP contribution in [0.2, 0.25) is 0 Å². The highest BCUT2D eigenvalue weighted by atomic mass is 16.5. The van der Waals surface area contributed by atoms with Crippen LogP contribution in [0.15, 0.2) is 65.5 Å². The number of nitrogens with zero attached hydrogens (tertiary/aromatic N) is 2. The van der Waals surface area contributed by atoms with E-state index >= 15 is 0 Å². The van der Waals surface area contributed by atoms with Gasteiger partial charge in [-0.05, 0) is 31.5 Å². The van der Waals surface area contributed by atoms with Crippen LogP contribution in [0, 0.1) is 6.92 Å². The van der Waals surface area contributed by atoms with Crippen molar-refractivity contribution in [2.24, 2.45) is 7.05 Å². The highest BCUT2D eigenvalue weighted by Gasteiger charge is 2.23. The standard InChI is InChI=1S/C22H23N3O4/c1-15-20(22(28)25(24(15)3)18-12-8-5-9-13-18)23-21(27)16(2)29-19(26)14-17-10-6-4-7-11-17/h4-13,16H,14H2,1-3H3,(H,23,27)/t16-/m0/s1. The van der Waals surface area contributed by atoms with E-state index in [1.807, 2.05) is 48.5 Å². The molecule has 0 fully saturated rings. The Morgan fingerprint density at radius 2 is 1.62 bits per heavy atom. The number of para-hydroxylation sites is 1. The normalized spacial score (nSPS) is 11.7. The van der Waals surface area contributed by atoms with E-state index in [0.717, 1.165) is 5.56 Å². The first-order valence-corrected chi connectivity index (χ1v) is 9.26. The molecule has 1 aromatic heterocycles. The van der Waals surface area contributed by atoms with Crippen molar-refractivity contribution in [3.8, 4) is 5.69 Å². The molecule has 0 bridgehead atoms. The largest absolute Gasteiger partial charge is 0.452 e. The zero-order chi connectivity index (χ0) is 21.0. The summed E-state index contributed by atoms with van der Waals surface area (Å²) in [5.74, 6) is -1.07. The lowest BCUT2D eigenvalue weighted by Crippen LogP contribution is -2.32. The molecule has 0 saturated heterocycles. The summed E-state index contributed by atoms with van der Waals surface area (Å²) >= 11 is 0. The minimum Gasteiger partial charge on any atom is -0.452 e. The molecule has 0 spiro atoms. The molecule has 1 N–H and O–H groups in total. The third kappa shape index (κ3) is 4.45. The number of hydrogen-bond donors (Lipinski definition) is 1. The molecule has 150 valence electrons. The number of ether oxygens (including phenoxy) is 1. The molecule has 29 heavy (non-hydrogen) atoms. The van der Waals surface area contributed by atoms with Crippen molar-refractivity contribution in [3.05, 3.63) is 82.3 Å². The van der Waals surface area contributed by atoms with E-state index in [9.17, 15) is 14.4 Å². The monoisotopic (exact) mass is 393 g/mol. The van der Waals surface area contributed by atoms with E-state index in [2.05, 4.69) is 5.32 Å². The number of rotatable bonds is 6. The maximum Gasteiger partial charge on any atom is 0.311 e. The Morgan fingerprint density at radius 3 is 2.24 bits per heavy atom. The number of nitrogens with one attached hydrogen (secondary N) is 1. The van der Waals surface area contributed by atoms with Crippen LogP contribution < -0.4 is 10.9 Å². The van der Waals surface area contributed by atoms with Gasteiger partial charge < -0.3 is 10.1 Å². The van der Waals surface area contributed by atoms with Gasteiger partial charge in [0.15, 0.2) is 6.10 Å². The smallest absolute Gasteiger partial charge is 0.311 e. The summed E-state index contributed by atoms with van der Waals surface area (Å²) in [6.45, 7) is 3.22. The second-order valence-corrected chi connectivity index (χ2v) is 6.72. The fourth-order valence-corrected chi connectivity index (χ4v) is 2.99. The molecule has 1 heterocycles. The molecule has 0 aliphatic carbocycles. The van der Waals surface area contributed by atoms with Crippen molar-refractivity contribution in [1.82, 2.24) is 9.36 Å². The van der Waals surface area contributed by atoms with Crippen LogP contribution in [-0.2, 0) is 27.8 Å². The van der Waals surface area contributed by atoms with Gasteiger partial charge in [-0.3, -0.25) is 19.1 Å². The summed E-state index contributed by atoms with van der Waals surface area (Å²) in [5, 5.41) is 2.61. The summed E-state index contributed by atoms with van der Waals surface area (Å²) in [5.41, 5.74) is 1.88. The highest BCUT2D eigenvalue weighted by molar-refractivity contribution is 5.95. The van der Waals surface area contributed by atoms with Gasteiger partial charge in [-0.1, -0.05) is 48.5 Å². The Bertz CT molecular complexity index is 1070. The molecular weight excluding hydrogens is 370 g/mol. The lowest BCUT2D eigenvalue weighted by atomic mass is 10.1. The summed E-state index contributed by atoms with van der Waals surface area (Å²) in [4.78, 5) is 37.5. The summed E-state index contributed by atoms with van der Waals surface area (Å²) in [7, 11) is 1.74. The number of anilines is 1. The molecule has 1 atom stereocenters. The topological polar surface area (TPSA) is 82.3 Å². The maximum absolute atomic E-state index is 12.9. The van der Waals surface area contributed by atoms with E-state index in [1.165, 1.54) is 11.6 Å². The van der Waals surface area contributed by atoms with Gasteiger partial charge in [0.2, 0.25) is 0 Å². The number of aromatic nitrogens is 2. The molecule has 3 aromatic rings. The van der Waals surface area contributed by atoms with E-state index in [1.54, 1.807) is 30.8 Å². The van der Waals surface area contributed by atoms with Crippen molar-refractivity contribution in [1.29, 1.82) is 0 Å². The van der Waals surface area contributed by atoms with Gasteiger partial charge in [0.05, 0.1) is 17.8 Å². The zero-order valence-corrected chi connectivity index (χ0v) is 16.6. The number of carbonyl (C=O) groups is 2. The van der Waals surface area contributed by atoms with Crippen molar-refractivity contribution in [2.75, 3.05) is 5.32 Å². The first-order chi connectivity index (χ1) is 13.9. The van der Waals surface area contributed by atoms with Gasteiger partial charge in [0.25, 0.3) is 11.5 Å². The van der Waals surface area contributed by atoms with Gasteiger partial charge >= 0.3 is 5.97 Å². The van der Waals surface area contributed by atoms with Crippen LogP contribution in [0.1, 0.15) is 18.2 Å². The number of benzene rings is 2. The minimum atomic E-state index is -1.03. The Labute approximate surface area is 168 Å². The molecule has 0 saturated carbocycles. The third-order valence-corrected chi connectivity index (χ3v) is 4.67. The van der Waals surface area contributed by atoms with E-state index < -0.39 is 18.0 Å². The predicted octanol–water partition coefficient (Wildman–Crippen LogP) is 2.60. The zero-order valence-electron chi connectivity index (χ0n) is 16.6. The predicted molar refractivity (Wildman–Crippen MR) is 110 cm³/mol. The Hall–Kier alpha value is -3.61. The fraction of sp³-hybridized carbons (Fsp3) is 0.227. The van der Waals surface area contributed by atoms with Crippen LogP contribution in [0.25, 0.3) is 5.69 Å². The molecule has 7 heteroatoms. The van der Waals surface area contributed by atoms with Gasteiger partial charge in [-0.2, -0.15) is 0 Å². The average molecular weight is 393 g/mol. The maximum atomic E-state index is 12.9. The number of amides is 1. The van der Waals surface area contributed by atoms with Crippen molar-refractivity contribution in [3.63, 3.8) is 0 Å². The Morgan fingerprint density at radius 1 is 1.03 bits per heavy atom. The van der Waals surface area contributed by atoms with Crippen molar-refractivity contribution < 1.29 is 14.3 Å². The van der Waals surface area contributed by atoms with Crippen LogP contribution in [-0.4, -0.2) is 27.3 Å². The first-order valence-electron chi connectivity index (χ1n) is 9.26. The van der Waals surface area contributed by atoms with Gasteiger partial charge in [-0.15, -0.1) is 0 Å². The minimum absolute atomic E-state index is 0.0731. The van der Waals surface area contributed by atoms with E-state index in [-0.39, 0.29) is 17.7 Å². The second kappa shape index (κ2) is 8.60. The van der Waals surface area contributed by atoms with Gasteiger partial charge in [0.1, 0.15) is 5.69 Å². The molecule has 0 aliphatic rings. The van der Waals surface area contributed by atoms with Gasteiger partial charge in [-0.25, -0.2) is 4.68 Å². The van der Waals surface area contributed by atoms with E-state index in [0.29, 0.717) is 11.4 Å². The molecule has 1 amide bonds. The summed E-state index contributed by atoms with van der Waals surface area (Å²) in [6, 6.07) is 18.3. The number of carbonyl (C=O) groups excluding carboxylic acids is 2. The number of hydrogen-bond acceptors (Lipinski definition) is 4. The fourth-order valence-electron chi connectivity index (χ4n) is 2.99. The average Bonchev–Trinajstić information content (AvgIpc) is 2.92. The van der Waals surface area contributed by atoms with E-state index in [4.69, 9.17) is 4.74 Å². The summed E-state index contributed by atoms with van der Waals surface area (Å²) < 4.78 is 8.36. The molecule has 0 aliphatic heterocycles. The molecule has 0 unspecified atom stereocenters. The Balaban J connectivity index is 1.72. The molecule has 0 radical (unpaired) electrons. The molecule has 2 aromatic carbocycles. The lowest BCUT2D eigenvalue weighted by molar-refractivity contribution is -0.152. The SMILES string of the molecule is Cc1c(NC(=O)[C@H](C)OC(=O)Cc2ccccc2)c(=O)n(-c2ccccc2)n1C. The van der Waals surface area contributed by atoms with Crippen LogP contribution in [0.4, 0.5) is 5.69 Å². The highest BCUT2D eigenvalue weighted by Crippen LogP contribution is 2.14. The first kappa shape index (κ1) is 20.1. The Kier molecular flexibility index (Phi) is 5.97. The van der Waals surface area contributed by atoms with Crippen molar-refractivity contribution in [2.45, 2.75) is 26.4 Å². The number of esters is 1.